The number of rotatable bonds is 5. The van der Waals surface area contributed by atoms with E-state index in [1.54, 1.807) is 0 Å². The topological polar surface area (TPSA) is 57.2 Å². The first-order valence-electron chi connectivity index (χ1n) is 9.55. The van der Waals surface area contributed by atoms with E-state index in [2.05, 4.69) is 33.9 Å². The highest BCUT2D eigenvalue weighted by atomic mass is 28.4. The van der Waals surface area contributed by atoms with Gasteiger partial charge in [0.25, 0.3) is 0 Å². The van der Waals surface area contributed by atoms with Gasteiger partial charge in [0.15, 0.2) is 14.4 Å². The third-order valence-electron chi connectivity index (χ3n) is 7.33. The smallest absolute Gasteiger partial charge is 0.340 e. The Labute approximate surface area is 151 Å². The molecule has 4 saturated heterocycles. The van der Waals surface area contributed by atoms with Gasteiger partial charge in [-0.15, -0.1) is 0 Å². The van der Waals surface area contributed by atoms with E-state index in [0.29, 0.717) is 6.61 Å². The third kappa shape index (κ3) is 2.26. The van der Waals surface area contributed by atoms with Crippen LogP contribution in [0, 0.1) is 5.41 Å². The number of nitrogens with zero attached hydrogens (tertiary/aromatic N) is 1. The highest BCUT2D eigenvalue weighted by molar-refractivity contribution is 6.74. The number of hydrogen-bond donors (Lipinski definition) is 0. The summed E-state index contributed by atoms with van der Waals surface area (Å²) in [5.41, 5.74) is -0.553. The predicted octanol–water partition coefficient (Wildman–Crippen LogP) is 2.84. The van der Waals surface area contributed by atoms with E-state index in [1.165, 1.54) is 0 Å². The van der Waals surface area contributed by atoms with Gasteiger partial charge in [0.2, 0.25) is 6.29 Å². The van der Waals surface area contributed by atoms with Crippen LogP contribution in [0.3, 0.4) is 0 Å². The van der Waals surface area contributed by atoms with Crippen molar-refractivity contribution in [3.63, 3.8) is 0 Å². The number of hydrogen-bond acceptors (Lipinski definition) is 6. The minimum Gasteiger partial charge on any atom is -0.433 e. The predicted molar refractivity (Wildman–Crippen MR) is 94.2 cm³/mol. The Balaban J connectivity index is 1.48. The van der Waals surface area contributed by atoms with Crippen LogP contribution in [0.2, 0.25) is 18.1 Å². The zero-order chi connectivity index (χ0) is 18.1. The van der Waals surface area contributed by atoms with Crippen LogP contribution >= 0.6 is 0 Å². The minimum absolute atomic E-state index is 0.189. The molecule has 0 N–H and O–H groups in total. The number of hydroxylamine groups is 2. The second-order valence-electron chi connectivity index (χ2n) is 9.56. The van der Waals surface area contributed by atoms with Crippen LogP contribution in [0.4, 0.5) is 0 Å². The van der Waals surface area contributed by atoms with E-state index in [4.69, 9.17) is 18.7 Å². The van der Waals surface area contributed by atoms with Gasteiger partial charge in [-0.25, -0.2) is 4.79 Å². The third-order valence-corrected chi connectivity index (χ3v) is 11.9. The van der Waals surface area contributed by atoms with Crippen molar-refractivity contribution < 1.29 is 23.5 Å². The van der Waals surface area contributed by atoms with Gasteiger partial charge in [0.05, 0.1) is 17.6 Å². The zero-order valence-electron chi connectivity index (χ0n) is 16.1. The summed E-state index contributed by atoms with van der Waals surface area (Å²) in [4.78, 5) is 18.4. The average molecular weight is 370 g/mol. The first-order chi connectivity index (χ1) is 11.6. The molecule has 0 aliphatic carbocycles. The minimum atomic E-state index is -1.75. The molecule has 7 heteroatoms. The van der Waals surface area contributed by atoms with E-state index < -0.39 is 20.7 Å². The molecule has 0 saturated carbocycles. The van der Waals surface area contributed by atoms with Crippen LogP contribution in [0.15, 0.2) is 0 Å². The molecule has 4 fully saturated rings. The summed E-state index contributed by atoms with van der Waals surface area (Å²) in [6.45, 7) is 13.5. The summed E-state index contributed by atoms with van der Waals surface area (Å²) in [6, 6.07) is 0. The van der Waals surface area contributed by atoms with Gasteiger partial charge in [0, 0.05) is 13.2 Å². The molecule has 4 atom stereocenters. The maximum absolute atomic E-state index is 12.3. The van der Waals surface area contributed by atoms with Crippen molar-refractivity contribution in [3.8, 4) is 0 Å². The lowest BCUT2D eigenvalue weighted by molar-refractivity contribution is -0.186. The van der Waals surface area contributed by atoms with Crippen molar-refractivity contribution in [1.29, 1.82) is 0 Å². The Morgan fingerprint density at radius 3 is 2.84 bits per heavy atom. The first-order valence-corrected chi connectivity index (χ1v) is 12.5. The Bertz CT molecular complexity index is 576. The standard InChI is InChI=1S/C18H31NO5Si/c1-16(2,3)25(4,5)22-11-7-9-18-13-14(20)23-15(18)21-12-17(18)8-6-10-19(17)24-13/h13,15H,6-12H2,1-5H3/t13-,15+,17+,18-/m1/s1. The van der Waals surface area contributed by atoms with Crippen LogP contribution in [0.25, 0.3) is 0 Å². The van der Waals surface area contributed by atoms with Gasteiger partial charge in [-0.3, -0.25) is 4.84 Å². The molecule has 0 aromatic rings. The highest BCUT2D eigenvalue weighted by Gasteiger charge is 2.80. The van der Waals surface area contributed by atoms with E-state index >= 15 is 0 Å². The summed E-state index contributed by atoms with van der Waals surface area (Å²) in [5, 5.41) is 2.24. The number of ether oxygens (including phenoxy) is 2. The van der Waals surface area contributed by atoms with E-state index in [0.717, 1.165) is 38.8 Å². The van der Waals surface area contributed by atoms with Crippen molar-refractivity contribution in [3.05, 3.63) is 0 Å². The second-order valence-corrected chi connectivity index (χ2v) is 14.4. The van der Waals surface area contributed by atoms with Crippen LogP contribution in [0.5, 0.6) is 0 Å². The molecule has 0 amide bonds. The maximum Gasteiger partial charge on any atom is 0.340 e. The van der Waals surface area contributed by atoms with Crippen molar-refractivity contribution in [2.45, 2.75) is 82.5 Å². The van der Waals surface area contributed by atoms with Gasteiger partial charge >= 0.3 is 5.97 Å². The van der Waals surface area contributed by atoms with E-state index in [1.807, 2.05) is 5.06 Å². The summed E-state index contributed by atoms with van der Waals surface area (Å²) in [5.74, 6) is -0.260. The molecule has 0 unspecified atom stereocenters. The first kappa shape index (κ1) is 17.9. The lowest BCUT2D eigenvalue weighted by Crippen LogP contribution is -2.52. The average Bonchev–Trinajstić information content (AvgIpc) is 3.16. The Morgan fingerprint density at radius 2 is 2.12 bits per heavy atom. The number of carbonyl (C=O) groups excluding carboxylic acids is 1. The lowest BCUT2D eigenvalue weighted by Gasteiger charge is -2.38. The molecule has 4 heterocycles. The normalized spacial score (nSPS) is 40.4. The van der Waals surface area contributed by atoms with Crippen molar-refractivity contribution in [2.75, 3.05) is 19.8 Å². The number of esters is 1. The molecule has 6 nitrogen and oxygen atoms in total. The summed E-state index contributed by atoms with van der Waals surface area (Å²) >= 11 is 0. The Morgan fingerprint density at radius 1 is 1.36 bits per heavy atom. The molecule has 0 radical (unpaired) electrons. The van der Waals surface area contributed by atoms with Crippen LogP contribution in [-0.4, -0.2) is 57.0 Å². The molecule has 0 aromatic heterocycles. The summed E-state index contributed by atoms with van der Waals surface area (Å²) in [7, 11) is -1.75. The highest BCUT2D eigenvalue weighted by Crippen LogP contribution is 2.64. The lowest BCUT2D eigenvalue weighted by atomic mass is 9.65. The molecule has 0 bridgehead atoms. The fourth-order valence-corrected chi connectivity index (χ4v) is 5.96. The van der Waals surface area contributed by atoms with Gasteiger partial charge < -0.3 is 13.9 Å². The summed E-state index contributed by atoms with van der Waals surface area (Å²) in [6.07, 6.45) is 2.88. The van der Waals surface area contributed by atoms with Crippen LogP contribution < -0.4 is 0 Å². The molecule has 4 aliphatic rings. The van der Waals surface area contributed by atoms with Crippen molar-refractivity contribution >= 4 is 14.3 Å². The molecular weight excluding hydrogens is 338 g/mol. The molecular formula is C18H31NO5Si. The van der Waals surface area contributed by atoms with Gasteiger partial charge in [-0.2, -0.15) is 5.06 Å². The molecule has 1 spiro atoms. The second kappa shape index (κ2) is 5.52. The van der Waals surface area contributed by atoms with Crippen LogP contribution in [-0.2, 0) is 23.5 Å². The SMILES string of the molecule is CC(C)(C)[Si](C)(C)OCCC[C@@]12[C@H]3OC[C@@]14CCCN4O[C@@H]2C(=O)O3. The van der Waals surface area contributed by atoms with Gasteiger partial charge in [-0.1, -0.05) is 20.8 Å². The molecule has 142 valence electrons. The van der Waals surface area contributed by atoms with Gasteiger partial charge in [0.1, 0.15) is 0 Å². The number of carbonyl (C=O) groups is 1. The fraction of sp³-hybridized carbons (Fsp3) is 0.944. The zero-order valence-corrected chi connectivity index (χ0v) is 17.1. The summed E-state index contributed by atoms with van der Waals surface area (Å²) < 4.78 is 17.8. The van der Waals surface area contributed by atoms with Crippen molar-refractivity contribution in [2.24, 2.45) is 5.41 Å². The van der Waals surface area contributed by atoms with E-state index in [9.17, 15) is 4.79 Å². The molecule has 4 aliphatic heterocycles. The van der Waals surface area contributed by atoms with Gasteiger partial charge in [-0.05, 0) is 43.8 Å². The largest absolute Gasteiger partial charge is 0.433 e. The van der Waals surface area contributed by atoms with Crippen molar-refractivity contribution in [1.82, 2.24) is 5.06 Å². The quantitative estimate of drug-likeness (QED) is 0.422. The molecule has 4 rings (SSSR count). The molecule has 0 aromatic carbocycles. The Kier molecular flexibility index (Phi) is 3.95. The van der Waals surface area contributed by atoms with E-state index in [-0.39, 0.29) is 22.0 Å². The molecule has 25 heavy (non-hydrogen) atoms. The fourth-order valence-electron chi connectivity index (χ4n) is 4.87. The maximum atomic E-state index is 12.3. The Hall–Kier alpha value is -0.473. The monoisotopic (exact) mass is 369 g/mol. The van der Waals surface area contributed by atoms with Crippen LogP contribution in [0.1, 0.15) is 46.5 Å².